The van der Waals surface area contributed by atoms with Crippen LogP contribution < -0.4 is 0 Å². The number of rotatable bonds is 1. The van der Waals surface area contributed by atoms with Crippen molar-refractivity contribution < 1.29 is 36.2 Å². The molecule has 0 spiro atoms. The fourth-order valence-electron chi connectivity index (χ4n) is 0.203. The predicted octanol–water partition coefficient (Wildman–Crippen LogP) is -0.717. The van der Waals surface area contributed by atoms with Crippen molar-refractivity contribution in [1.29, 1.82) is 0 Å². The van der Waals surface area contributed by atoms with Crippen LogP contribution in [0, 0.1) is 0 Å². The van der Waals surface area contributed by atoms with E-state index in [0.717, 1.165) is 0 Å². The molecule has 0 saturated heterocycles. The Balaban J connectivity index is -0.0000000606. The minimum absolute atomic E-state index is 0. The third-order valence-electron chi connectivity index (χ3n) is 0.348. The van der Waals surface area contributed by atoms with Gasteiger partial charge in [-0.1, -0.05) is 0 Å². The van der Waals surface area contributed by atoms with Gasteiger partial charge in [0.25, 0.3) is 22.7 Å². The van der Waals surface area contributed by atoms with Crippen LogP contribution in [-0.2, 0) is 32.3 Å². The van der Waals surface area contributed by atoms with E-state index in [1.54, 1.807) is 6.92 Å². The van der Waals surface area contributed by atoms with Gasteiger partial charge in [0, 0.05) is 6.92 Å². The minimum atomic E-state index is -2.61. The molecular weight excluding hydrogens is 263 g/mol. The molecule has 11 heteroatoms. The Morgan fingerprint density at radius 2 is 1.33 bits per heavy atom. The van der Waals surface area contributed by atoms with Crippen LogP contribution in [0.3, 0.4) is 0 Å². The van der Waals surface area contributed by atoms with Crippen LogP contribution in [-0.4, -0.2) is 68.8 Å². The van der Waals surface area contributed by atoms with Crippen LogP contribution in [0.1, 0.15) is 13.8 Å². The van der Waals surface area contributed by atoms with Crippen molar-refractivity contribution in [3.8, 4) is 0 Å². The van der Waals surface area contributed by atoms with E-state index in [-0.39, 0.29) is 35.5 Å². The number of carbonyl (C=O) groups is 1. The summed E-state index contributed by atoms with van der Waals surface area (Å²) < 4.78 is 50.1. The van der Waals surface area contributed by atoms with E-state index >= 15 is 0 Å². The molecule has 0 aromatic carbocycles. The zero-order valence-electron chi connectivity index (χ0n) is 7.45. The molecule has 0 aliphatic carbocycles. The number of hydrogen-bond donors (Lipinski definition) is 4. The van der Waals surface area contributed by atoms with E-state index in [1.807, 2.05) is 0 Å². The average molecular weight is 276 g/mol. The zero-order chi connectivity index (χ0) is 12.1. The Morgan fingerprint density at radius 1 is 1.13 bits per heavy atom. The number of ether oxygens (including phenoxy) is 1. The second-order valence-electron chi connectivity index (χ2n) is 1.39. The standard InChI is InChI=1S/C4H8O2.Na.2H2O3S.H/c1-3-6-4(2)5;;2*1-4(2)3;/h3H2,1-2H3;;2*(H2,1,2,3);. The predicted molar refractivity (Wildman–Crippen MR) is 56.3 cm³/mol. The molecule has 0 aliphatic rings. The summed E-state index contributed by atoms with van der Waals surface area (Å²) in [6.45, 7) is 3.65. The maximum atomic E-state index is 9.82. The third-order valence-corrected chi connectivity index (χ3v) is 0.348. The Kier molecular flexibility index (Phi) is 33.1. The van der Waals surface area contributed by atoms with E-state index in [9.17, 15) is 4.79 Å². The molecule has 0 radical (unpaired) electrons. The van der Waals surface area contributed by atoms with Crippen LogP contribution in [0.5, 0.6) is 0 Å². The third kappa shape index (κ3) is 178. The Morgan fingerprint density at radius 3 is 1.33 bits per heavy atom. The van der Waals surface area contributed by atoms with Crippen molar-refractivity contribution in [2.24, 2.45) is 0 Å². The van der Waals surface area contributed by atoms with Crippen LogP contribution in [0.2, 0.25) is 0 Å². The summed E-state index contributed by atoms with van der Waals surface area (Å²) >= 11 is -5.22. The molecule has 4 N–H and O–H groups in total. The van der Waals surface area contributed by atoms with Crippen molar-refractivity contribution in [3.63, 3.8) is 0 Å². The van der Waals surface area contributed by atoms with E-state index in [2.05, 4.69) is 4.74 Å². The van der Waals surface area contributed by atoms with Crippen LogP contribution in [0.4, 0.5) is 0 Å². The normalized spacial score (nSPS) is 7.73. The molecule has 15 heavy (non-hydrogen) atoms. The first-order valence-electron chi connectivity index (χ1n) is 2.97. The molecule has 0 aliphatic heterocycles. The first-order valence-corrected chi connectivity index (χ1v) is 5.09. The van der Waals surface area contributed by atoms with Crippen molar-refractivity contribution in [3.05, 3.63) is 0 Å². The molecule has 0 saturated carbocycles. The van der Waals surface area contributed by atoms with Gasteiger partial charge in [-0.05, 0) is 6.92 Å². The summed E-state index contributed by atoms with van der Waals surface area (Å²) in [5.41, 5.74) is 0. The van der Waals surface area contributed by atoms with Gasteiger partial charge >= 0.3 is 35.5 Å². The van der Waals surface area contributed by atoms with Gasteiger partial charge in [-0.25, -0.2) is 0 Å². The summed E-state index contributed by atoms with van der Waals surface area (Å²) in [7, 11) is 0. The Hall–Kier alpha value is 0.610. The number of carbonyl (C=O) groups excluding carboxylic acids is 1. The first-order chi connectivity index (χ1) is 6.23. The second-order valence-corrected chi connectivity index (χ2v) is 2.31. The van der Waals surface area contributed by atoms with Gasteiger partial charge in [0.2, 0.25) is 0 Å². The summed E-state index contributed by atoms with van der Waals surface area (Å²) in [5.74, 6) is -0.211. The molecular formula is C4H13NaO8S2. The summed E-state index contributed by atoms with van der Waals surface area (Å²) in [4.78, 5) is 9.82. The van der Waals surface area contributed by atoms with Crippen LogP contribution in [0.25, 0.3) is 0 Å². The molecule has 0 rings (SSSR count). The van der Waals surface area contributed by atoms with Crippen molar-refractivity contribution in [1.82, 2.24) is 0 Å². The van der Waals surface area contributed by atoms with Gasteiger partial charge in [0.05, 0.1) is 6.61 Å². The molecule has 0 atom stereocenters. The Labute approximate surface area is 114 Å². The number of esters is 1. The summed E-state index contributed by atoms with van der Waals surface area (Å²) in [6, 6.07) is 0. The van der Waals surface area contributed by atoms with E-state index in [1.165, 1.54) is 6.92 Å². The second kappa shape index (κ2) is 20.1. The van der Waals surface area contributed by atoms with Crippen molar-refractivity contribution in [2.45, 2.75) is 13.8 Å². The van der Waals surface area contributed by atoms with Gasteiger partial charge < -0.3 is 4.74 Å². The average Bonchev–Trinajstić information content (AvgIpc) is 1.82. The van der Waals surface area contributed by atoms with Crippen molar-refractivity contribution in [2.75, 3.05) is 6.61 Å². The van der Waals surface area contributed by atoms with Crippen LogP contribution >= 0.6 is 0 Å². The molecule has 8 nitrogen and oxygen atoms in total. The van der Waals surface area contributed by atoms with Gasteiger partial charge in [0.15, 0.2) is 0 Å². The molecule has 0 fully saturated rings. The molecule has 0 unspecified atom stereocenters. The molecule has 0 amide bonds. The van der Waals surface area contributed by atoms with Gasteiger partial charge in [0.1, 0.15) is 0 Å². The SMILES string of the molecule is CCOC(C)=O.O=S(O)O.O=S(O)O.[NaH]. The fraction of sp³-hybridized carbons (Fsp3) is 0.750. The summed E-state index contributed by atoms with van der Waals surface area (Å²) in [5, 5.41) is 0. The zero-order valence-corrected chi connectivity index (χ0v) is 9.08. The van der Waals surface area contributed by atoms with Crippen LogP contribution in [0.15, 0.2) is 0 Å². The van der Waals surface area contributed by atoms with Gasteiger partial charge in [-0.15, -0.1) is 0 Å². The molecule has 0 heterocycles. The van der Waals surface area contributed by atoms with Crippen molar-refractivity contribution >= 4 is 58.2 Å². The number of hydrogen-bond acceptors (Lipinski definition) is 4. The molecule has 90 valence electrons. The maximum absolute atomic E-state index is 9.82. The quantitative estimate of drug-likeness (QED) is 0.279. The molecule has 0 aromatic rings. The molecule has 0 aromatic heterocycles. The summed E-state index contributed by atoms with van der Waals surface area (Å²) in [6.07, 6.45) is 0. The van der Waals surface area contributed by atoms with E-state index in [4.69, 9.17) is 26.6 Å². The monoisotopic (exact) mass is 276 g/mol. The van der Waals surface area contributed by atoms with E-state index in [0.29, 0.717) is 6.61 Å². The van der Waals surface area contributed by atoms with Gasteiger partial charge in [-0.2, -0.15) is 8.42 Å². The first kappa shape index (κ1) is 24.7. The van der Waals surface area contributed by atoms with E-state index < -0.39 is 22.7 Å². The molecule has 0 bridgehead atoms. The topological polar surface area (TPSA) is 141 Å². The Bertz CT molecular complexity index is 165. The van der Waals surface area contributed by atoms with Gasteiger partial charge in [-0.3, -0.25) is 23.0 Å². The fourth-order valence-corrected chi connectivity index (χ4v) is 0.203.